The fourth-order valence-electron chi connectivity index (χ4n) is 7.77. The predicted octanol–water partition coefficient (Wildman–Crippen LogP) is 11.5. The molecule has 4 heterocycles. The molecule has 52 heavy (non-hydrogen) atoms. The maximum absolute atomic E-state index is 10.1. The average Bonchev–Trinajstić information content (AvgIpc) is 3.74. The Hall–Kier alpha value is -7.29. The fraction of sp³-hybridized carbons (Fsp3) is 0. The van der Waals surface area contributed by atoms with Crippen molar-refractivity contribution in [3.63, 3.8) is 0 Å². The van der Waals surface area contributed by atoms with Crippen LogP contribution in [0.4, 0.5) is 0 Å². The van der Waals surface area contributed by atoms with Crippen LogP contribution in [0.15, 0.2) is 176 Å². The molecule has 0 unspecified atom stereocenters. The van der Waals surface area contributed by atoms with Crippen molar-refractivity contribution in [2.45, 2.75) is 0 Å². The highest BCUT2D eigenvalue weighted by atomic mass is 15.1. The quantitative estimate of drug-likeness (QED) is 0.184. The van der Waals surface area contributed by atoms with Crippen LogP contribution in [-0.2, 0) is 0 Å². The van der Waals surface area contributed by atoms with Crippen LogP contribution in [0.25, 0.3) is 88.8 Å². The van der Waals surface area contributed by atoms with E-state index < -0.39 is 0 Å². The van der Waals surface area contributed by atoms with E-state index >= 15 is 0 Å². The van der Waals surface area contributed by atoms with Crippen molar-refractivity contribution in [2.75, 3.05) is 0 Å². The van der Waals surface area contributed by atoms with Gasteiger partial charge in [0.1, 0.15) is 5.65 Å². The molecule has 0 saturated carbocycles. The van der Waals surface area contributed by atoms with E-state index in [1.54, 1.807) is 0 Å². The second kappa shape index (κ2) is 11.9. The lowest BCUT2D eigenvalue weighted by atomic mass is 9.97. The first kappa shape index (κ1) is 29.6. The first-order valence-corrected chi connectivity index (χ1v) is 17.3. The molecule has 10 rings (SSSR count). The molecule has 0 aliphatic rings. The van der Waals surface area contributed by atoms with Crippen LogP contribution < -0.4 is 0 Å². The van der Waals surface area contributed by atoms with E-state index in [4.69, 9.17) is 9.97 Å². The minimum absolute atomic E-state index is 0.586. The third-order valence-electron chi connectivity index (χ3n) is 10.0. The highest BCUT2D eigenvalue weighted by molar-refractivity contribution is 6.26. The maximum atomic E-state index is 10.1. The Morgan fingerprint density at radius 1 is 0.500 bits per heavy atom. The van der Waals surface area contributed by atoms with E-state index in [-0.39, 0.29) is 0 Å². The Balaban J connectivity index is 1.32. The second-order valence-corrected chi connectivity index (χ2v) is 12.9. The molecule has 5 heteroatoms. The largest absolute Gasteiger partial charge is 0.309 e. The number of hydrogen-bond donors (Lipinski definition) is 0. The number of nitriles is 1. The molecule has 4 aromatic heterocycles. The minimum Gasteiger partial charge on any atom is -0.309 e. The number of aromatic nitrogens is 4. The molecule has 6 aromatic carbocycles. The Morgan fingerprint density at radius 2 is 1.17 bits per heavy atom. The van der Waals surface area contributed by atoms with Crippen molar-refractivity contribution in [2.24, 2.45) is 0 Å². The lowest BCUT2D eigenvalue weighted by molar-refractivity contribution is 1.14. The van der Waals surface area contributed by atoms with Crippen LogP contribution in [0, 0.1) is 11.3 Å². The molecule has 0 saturated heterocycles. The molecule has 0 N–H and O–H groups in total. The van der Waals surface area contributed by atoms with Crippen LogP contribution in [0.1, 0.15) is 5.56 Å². The summed E-state index contributed by atoms with van der Waals surface area (Å²) < 4.78 is 4.68. The number of pyridine rings is 2. The standard InChI is InChI=1S/C47H29N5/c48-30-32-16-7-8-19-35(32)40-28-33(31-14-3-1-4-15-31)29-41(50-40)38-20-9-11-23-42(38)52-46-36(37-22-13-27-49-47(37)52)25-26-44-45(46)39-21-10-12-24-43(39)51(44)34-17-5-2-6-18-34/h1-29H. The summed E-state index contributed by atoms with van der Waals surface area (Å²) in [5, 5.41) is 14.6. The summed E-state index contributed by atoms with van der Waals surface area (Å²) in [6, 6.07) is 61.0. The molecule has 242 valence electrons. The van der Waals surface area contributed by atoms with E-state index in [9.17, 15) is 5.26 Å². The SMILES string of the molecule is N#Cc1ccccc1-c1cc(-c2ccccc2)cc(-c2ccccc2-n2c3ncccc3c3ccc4c(c5ccccc5n4-c4ccccc4)c32)n1. The van der Waals surface area contributed by atoms with Gasteiger partial charge in [0, 0.05) is 44.6 Å². The third kappa shape index (κ3) is 4.56. The molecule has 0 spiro atoms. The average molecular weight is 664 g/mol. The van der Waals surface area contributed by atoms with Gasteiger partial charge in [-0.2, -0.15) is 5.26 Å². The van der Waals surface area contributed by atoms with Gasteiger partial charge in [-0.3, -0.25) is 4.57 Å². The molecule has 10 aromatic rings. The highest BCUT2D eigenvalue weighted by Gasteiger charge is 2.23. The van der Waals surface area contributed by atoms with Crippen LogP contribution in [-0.4, -0.2) is 19.1 Å². The van der Waals surface area contributed by atoms with Crippen LogP contribution in [0.3, 0.4) is 0 Å². The number of hydrogen-bond acceptors (Lipinski definition) is 3. The maximum Gasteiger partial charge on any atom is 0.145 e. The van der Waals surface area contributed by atoms with Gasteiger partial charge in [-0.1, -0.05) is 109 Å². The Bertz CT molecular complexity index is 3020. The third-order valence-corrected chi connectivity index (χ3v) is 10.0. The molecule has 0 radical (unpaired) electrons. The summed E-state index contributed by atoms with van der Waals surface area (Å²) in [7, 11) is 0. The van der Waals surface area contributed by atoms with E-state index in [0.717, 1.165) is 78.0 Å². The monoisotopic (exact) mass is 663 g/mol. The summed E-state index contributed by atoms with van der Waals surface area (Å²) in [5.74, 6) is 0. The van der Waals surface area contributed by atoms with Crippen LogP contribution in [0.2, 0.25) is 0 Å². The summed E-state index contributed by atoms with van der Waals surface area (Å²) >= 11 is 0. The van der Waals surface area contributed by atoms with Crippen molar-refractivity contribution in [3.05, 3.63) is 182 Å². The Kier molecular flexibility index (Phi) is 6.80. The van der Waals surface area contributed by atoms with Crippen molar-refractivity contribution in [1.29, 1.82) is 5.26 Å². The summed E-state index contributed by atoms with van der Waals surface area (Å²) in [6.45, 7) is 0. The van der Waals surface area contributed by atoms with Gasteiger partial charge in [0.25, 0.3) is 0 Å². The molecule has 0 aliphatic heterocycles. The van der Waals surface area contributed by atoms with E-state index in [1.807, 2.05) is 54.7 Å². The van der Waals surface area contributed by atoms with Crippen molar-refractivity contribution < 1.29 is 0 Å². The number of nitrogens with zero attached hydrogens (tertiary/aromatic N) is 5. The van der Waals surface area contributed by atoms with Gasteiger partial charge in [0.15, 0.2) is 0 Å². The second-order valence-electron chi connectivity index (χ2n) is 12.9. The fourth-order valence-corrected chi connectivity index (χ4v) is 7.77. The summed E-state index contributed by atoms with van der Waals surface area (Å²) in [4.78, 5) is 10.3. The smallest absolute Gasteiger partial charge is 0.145 e. The van der Waals surface area contributed by atoms with Gasteiger partial charge in [0.05, 0.1) is 45.3 Å². The Morgan fingerprint density at radius 3 is 2.00 bits per heavy atom. The predicted molar refractivity (Wildman–Crippen MR) is 212 cm³/mol. The zero-order valence-corrected chi connectivity index (χ0v) is 28.0. The topological polar surface area (TPSA) is 59.4 Å². The molecular weight excluding hydrogens is 635 g/mol. The first-order valence-electron chi connectivity index (χ1n) is 17.3. The zero-order chi connectivity index (χ0) is 34.6. The number of fused-ring (bicyclic) bond motifs is 7. The number of para-hydroxylation sites is 3. The number of benzene rings is 6. The molecule has 0 amide bonds. The van der Waals surface area contributed by atoms with E-state index in [2.05, 4.69) is 137 Å². The summed E-state index contributed by atoms with van der Waals surface area (Å²) in [6.07, 6.45) is 1.87. The zero-order valence-electron chi connectivity index (χ0n) is 28.0. The lowest BCUT2D eigenvalue weighted by Gasteiger charge is -2.16. The number of rotatable bonds is 5. The van der Waals surface area contributed by atoms with Gasteiger partial charge < -0.3 is 4.57 Å². The van der Waals surface area contributed by atoms with Crippen molar-refractivity contribution in [1.82, 2.24) is 19.1 Å². The van der Waals surface area contributed by atoms with Gasteiger partial charge in [-0.15, -0.1) is 0 Å². The van der Waals surface area contributed by atoms with Gasteiger partial charge in [0.2, 0.25) is 0 Å². The Labute approximate surface area is 299 Å². The molecule has 0 bridgehead atoms. The molecular formula is C47H29N5. The van der Waals surface area contributed by atoms with Crippen LogP contribution in [0.5, 0.6) is 0 Å². The van der Waals surface area contributed by atoms with Crippen molar-refractivity contribution >= 4 is 43.7 Å². The normalized spacial score (nSPS) is 11.4. The molecule has 0 fully saturated rings. The van der Waals surface area contributed by atoms with Gasteiger partial charge >= 0.3 is 0 Å². The highest BCUT2D eigenvalue weighted by Crippen LogP contribution is 2.43. The minimum atomic E-state index is 0.586. The first-order chi connectivity index (χ1) is 25.8. The van der Waals surface area contributed by atoms with Crippen molar-refractivity contribution in [3.8, 4) is 51.1 Å². The van der Waals surface area contributed by atoms with E-state index in [0.29, 0.717) is 5.56 Å². The van der Waals surface area contributed by atoms with Crippen LogP contribution >= 0.6 is 0 Å². The lowest BCUT2D eigenvalue weighted by Crippen LogP contribution is -2.01. The van der Waals surface area contributed by atoms with Gasteiger partial charge in [-0.05, 0) is 71.8 Å². The molecule has 0 aliphatic carbocycles. The molecule has 5 nitrogen and oxygen atoms in total. The summed E-state index contributed by atoms with van der Waals surface area (Å²) in [5.41, 5.74) is 12.3. The van der Waals surface area contributed by atoms with Gasteiger partial charge in [-0.25, -0.2) is 9.97 Å². The molecule has 0 atom stereocenters. The van der Waals surface area contributed by atoms with E-state index in [1.165, 1.54) is 10.8 Å².